The second kappa shape index (κ2) is 5.55. The lowest BCUT2D eigenvalue weighted by Gasteiger charge is -2.35. The van der Waals surface area contributed by atoms with Crippen LogP contribution in [0.15, 0.2) is 0 Å². The van der Waals surface area contributed by atoms with Gasteiger partial charge in [0.15, 0.2) is 0 Å². The third-order valence-electron chi connectivity index (χ3n) is 4.45. The summed E-state index contributed by atoms with van der Waals surface area (Å²) in [7, 11) is 4.02. The molecular weight excluding hydrogens is 228 g/mol. The first-order valence-electron chi connectivity index (χ1n) is 6.98. The molecule has 2 aliphatic rings. The number of rotatable bonds is 5. The van der Waals surface area contributed by atoms with Gasteiger partial charge in [-0.25, -0.2) is 0 Å². The van der Waals surface area contributed by atoms with Crippen LogP contribution in [0, 0.1) is 5.92 Å². The Bertz CT molecular complexity index is 305. The van der Waals surface area contributed by atoms with E-state index in [4.69, 9.17) is 5.73 Å². The molecule has 0 bridgehead atoms. The highest BCUT2D eigenvalue weighted by atomic mass is 16.1. The third kappa shape index (κ3) is 2.84. The Hall–Kier alpha value is -0.650. The van der Waals surface area contributed by atoms with Gasteiger partial charge in [0.2, 0.25) is 5.91 Å². The molecule has 0 spiro atoms. The molecule has 0 radical (unpaired) electrons. The van der Waals surface area contributed by atoms with Crippen molar-refractivity contribution >= 4 is 5.91 Å². The highest BCUT2D eigenvalue weighted by Crippen LogP contribution is 2.40. The molecule has 2 fully saturated rings. The topological polar surface area (TPSA) is 61.6 Å². The number of hydrogen-bond donors (Lipinski definition) is 2. The summed E-state index contributed by atoms with van der Waals surface area (Å²) in [6.07, 6.45) is 3.41. The van der Waals surface area contributed by atoms with Gasteiger partial charge < -0.3 is 16.0 Å². The van der Waals surface area contributed by atoms with Crippen molar-refractivity contribution in [1.29, 1.82) is 0 Å². The van der Waals surface area contributed by atoms with Crippen molar-refractivity contribution in [2.75, 3.05) is 46.8 Å². The molecule has 1 heterocycles. The van der Waals surface area contributed by atoms with E-state index >= 15 is 0 Å². The summed E-state index contributed by atoms with van der Waals surface area (Å²) in [6.45, 7) is 5.07. The van der Waals surface area contributed by atoms with E-state index < -0.39 is 5.54 Å². The van der Waals surface area contributed by atoms with Crippen LogP contribution in [0.2, 0.25) is 0 Å². The van der Waals surface area contributed by atoms with Crippen LogP contribution in [-0.2, 0) is 4.79 Å². The third-order valence-corrected chi connectivity index (χ3v) is 4.45. The Kier molecular flexibility index (Phi) is 4.25. The number of amides is 1. The van der Waals surface area contributed by atoms with Crippen LogP contribution in [0.1, 0.15) is 19.3 Å². The molecule has 5 heteroatoms. The lowest BCUT2D eigenvalue weighted by Crippen LogP contribution is -2.62. The summed E-state index contributed by atoms with van der Waals surface area (Å²) in [5.41, 5.74) is 5.16. The van der Waals surface area contributed by atoms with Crippen LogP contribution < -0.4 is 11.1 Å². The number of carbonyl (C=O) groups is 1. The van der Waals surface area contributed by atoms with Crippen molar-refractivity contribution in [3.8, 4) is 0 Å². The van der Waals surface area contributed by atoms with Crippen LogP contribution in [0.4, 0.5) is 0 Å². The van der Waals surface area contributed by atoms with E-state index in [1.807, 2.05) is 7.05 Å². The predicted molar refractivity (Wildman–Crippen MR) is 72.3 cm³/mol. The van der Waals surface area contributed by atoms with Gasteiger partial charge in [-0.2, -0.15) is 0 Å². The lowest BCUT2D eigenvalue weighted by molar-refractivity contribution is -0.126. The Morgan fingerprint density at radius 2 is 2.06 bits per heavy atom. The van der Waals surface area contributed by atoms with Gasteiger partial charge in [-0.3, -0.25) is 9.69 Å². The molecule has 1 amide bonds. The number of carbonyl (C=O) groups excluding carboxylic acids is 1. The van der Waals surface area contributed by atoms with Gasteiger partial charge in [-0.1, -0.05) is 0 Å². The monoisotopic (exact) mass is 254 g/mol. The Morgan fingerprint density at radius 3 is 2.61 bits per heavy atom. The molecule has 1 aliphatic carbocycles. The van der Waals surface area contributed by atoms with Gasteiger partial charge in [0.05, 0.1) is 0 Å². The summed E-state index contributed by atoms with van der Waals surface area (Å²) in [4.78, 5) is 16.6. The van der Waals surface area contributed by atoms with Gasteiger partial charge in [-0.15, -0.1) is 0 Å². The number of nitrogens with one attached hydrogen (secondary N) is 1. The van der Waals surface area contributed by atoms with Gasteiger partial charge >= 0.3 is 0 Å². The smallest absolute Gasteiger partial charge is 0.239 e. The minimum absolute atomic E-state index is 0.190. The van der Waals surface area contributed by atoms with E-state index in [1.165, 1.54) is 6.42 Å². The normalized spacial score (nSPS) is 26.6. The van der Waals surface area contributed by atoms with Crippen molar-refractivity contribution in [1.82, 2.24) is 15.1 Å². The van der Waals surface area contributed by atoms with E-state index in [0.29, 0.717) is 5.92 Å². The lowest BCUT2D eigenvalue weighted by atomic mass is 9.91. The predicted octanol–water partition coefficient (Wildman–Crippen LogP) is -0.523. The second-order valence-corrected chi connectivity index (χ2v) is 5.79. The molecule has 3 N–H and O–H groups in total. The minimum atomic E-state index is -0.511. The van der Waals surface area contributed by atoms with Crippen molar-refractivity contribution < 1.29 is 4.79 Å². The first-order chi connectivity index (χ1) is 8.58. The zero-order valence-corrected chi connectivity index (χ0v) is 11.6. The molecule has 0 aromatic carbocycles. The maximum Gasteiger partial charge on any atom is 0.239 e. The number of nitrogens with zero attached hydrogens (tertiary/aromatic N) is 2. The van der Waals surface area contributed by atoms with E-state index in [9.17, 15) is 4.79 Å². The average molecular weight is 254 g/mol. The van der Waals surface area contributed by atoms with Gasteiger partial charge in [0, 0.05) is 19.6 Å². The van der Waals surface area contributed by atoms with Gasteiger partial charge in [0.25, 0.3) is 0 Å². The quantitative estimate of drug-likeness (QED) is 0.693. The van der Waals surface area contributed by atoms with E-state index in [2.05, 4.69) is 22.2 Å². The van der Waals surface area contributed by atoms with Crippen molar-refractivity contribution in [3.63, 3.8) is 0 Å². The first-order valence-corrected chi connectivity index (χ1v) is 6.98. The molecule has 1 saturated carbocycles. The highest BCUT2D eigenvalue weighted by Gasteiger charge is 2.49. The fourth-order valence-corrected chi connectivity index (χ4v) is 3.00. The summed E-state index contributed by atoms with van der Waals surface area (Å²) in [5, 5.41) is 3.23. The van der Waals surface area contributed by atoms with Crippen LogP contribution in [0.3, 0.4) is 0 Å². The van der Waals surface area contributed by atoms with E-state index in [1.54, 1.807) is 0 Å². The molecule has 5 nitrogen and oxygen atoms in total. The molecule has 104 valence electrons. The first kappa shape index (κ1) is 13.8. The van der Waals surface area contributed by atoms with Crippen LogP contribution in [0.25, 0.3) is 0 Å². The molecule has 0 aromatic heterocycles. The number of primary amides is 1. The molecule has 1 atom stereocenters. The summed E-state index contributed by atoms with van der Waals surface area (Å²) < 4.78 is 0. The van der Waals surface area contributed by atoms with Gasteiger partial charge in [-0.05, 0) is 52.4 Å². The molecule has 1 aliphatic heterocycles. The number of nitrogens with two attached hydrogens (primary N) is 1. The summed E-state index contributed by atoms with van der Waals surface area (Å²) >= 11 is 0. The largest absolute Gasteiger partial charge is 0.368 e. The standard InChI is InChI=1S/C13H26N4O/c1-15-13(12(14)18,11-4-5-11)10-17-7-3-6-16(2)8-9-17/h11,15H,3-10H2,1-2H3,(H2,14,18). The number of hydrogen-bond acceptors (Lipinski definition) is 4. The molecule has 2 rings (SSSR count). The Morgan fingerprint density at radius 1 is 1.33 bits per heavy atom. The maximum atomic E-state index is 11.9. The van der Waals surface area contributed by atoms with E-state index in [0.717, 1.165) is 45.6 Å². The zero-order chi connectivity index (χ0) is 13.2. The Balaban J connectivity index is 2.02. The van der Waals surface area contributed by atoms with Crippen LogP contribution in [-0.4, -0.2) is 68.1 Å². The van der Waals surface area contributed by atoms with E-state index in [-0.39, 0.29) is 5.91 Å². The molecular formula is C13H26N4O. The van der Waals surface area contributed by atoms with Crippen molar-refractivity contribution in [2.24, 2.45) is 11.7 Å². The zero-order valence-electron chi connectivity index (χ0n) is 11.6. The summed E-state index contributed by atoms with van der Waals surface area (Å²) in [6, 6.07) is 0. The SMILES string of the molecule is CNC(CN1CCCN(C)CC1)(C(N)=O)C1CC1. The second-order valence-electron chi connectivity index (χ2n) is 5.79. The molecule has 0 aromatic rings. The molecule has 18 heavy (non-hydrogen) atoms. The van der Waals surface area contributed by atoms with Crippen molar-refractivity contribution in [3.05, 3.63) is 0 Å². The Labute approximate surface area is 110 Å². The highest BCUT2D eigenvalue weighted by molar-refractivity contribution is 5.86. The maximum absolute atomic E-state index is 11.9. The van der Waals surface area contributed by atoms with Crippen LogP contribution in [0.5, 0.6) is 0 Å². The van der Waals surface area contributed by atoms with Gasteiger partial charge in [0.1, 0.15) is 5.54 Å². The average Bonchev–Trinajstić information content (AvgIpc) is 3.15. The van der Waals surface area contributed by atoms with Crippen LogP contribution >= 0.6 is 0 Å². The number of likely N-dealkylation sites (N-methyl/N-ethyl adjacent to an activating group) is 2. The molecule has 1 unspecified atom stereocenters. The minimum Gasteiger partial charge on any atom is -0.368 e. The van der Waals surface area contributed by atoms with Crippen molar-refractivity contribution in [2.45, 2.75) is 24.8 Å². The summed E-state index contributed by atoms with van der Waals surface area (Å²) in [5.74, 6) is 0.242. The molecule has 1 saturated heterocycles. The fourth-order valence-electron chi connectivity index (χ4n) is 3.00. The fraction of sp³-hybridized carbons (Fsp3) is 0.923.